The number of hydrogen-bond donors (Lipinski definition) is 1. The van der Waals surface area contributed by atoms with E-state index in [1.54, 1.807) is 16.8 Å². The Morgan fingerprint density at radius 3 is 2.82 bits per heavy atom. The Hall–Kier alpha value is -1.16. The minimum absolute atomic E-state index is 0.498. The Kier molecular flexibility index (Phi) is 2.38. The van der Waals surface area contributed by atoms with Crippen LogP contribution in [0.25, 0.3) is 0 Å². The summed E-state index contributed by atoms with van der Waals surface area (Å²) in [6.45, 7) is 0. The van der Waals surface area contributed by atoms with E-state index < -0.39 is 11.9 Å². The number of carbonyl (C=O) groups excluding carboxylic acids is 1. The van der Waals surface area contributed by atoms with Crippen LogP contribution in [0.2, 0.25) is 0 Å². The van der Waals surface area contributed by atoms with Gasteiger partial charge in [0.25, 0.3) is 0 Å². The Labute approximate surface area is 67.3 Å². The molecule has 3 nitrogen and oxygen atoms in total. The molecular formula is C7H5O3S. The highest BCUT2D eigenvalue weighted by Crippen LogP contribution is 2.16. The molecule has 4 heteroatoms. The molecule has 0 saturated heterocycles. The van der Waals surface area contributed by atoms with Crippen molar-refractivity contribution in [2.45, 2.75) is 5.92 Å². The van der Waals surface area contributed by atoms with Crippen LogP contribution in [0.1, 0.15) is 11.5 Å². The molecule has 0 fully saturated rings. The van der Waals surface area contributed by atoms with Gasteiger partial charge in [-0.3, -0.25) is 9.59 Å². The van der Waals surface area contributed by atoms with E-state index in [4.69, 9.17) is 5.11 Å². The zero-order valence-electron chi connectivity index (χ0n) is 5.48. The summed E-state index contributed by atoms with van der Waals surface area (Å²) in [7, 11) is 0. The lowest BCUT2D eigenvalue weighted by atomic mass is 10.1. The Morgan fingerprint density at radius 1 is 1.73 bits per heavy atom. The first-order valence-corrected chi connectivity index (χ1v) is 3.82. The normalized spacial score (nSPS) is 12.4. The van der Waals surface area contributed by atoms with Crippen LogP contribution in [-0.4, -0.2) is 17.4 Å². The van der Waals surface area contributed by atoms with Crippen molar-refractivity contribution >= 4 is 23.6 Å². The van der Waals surface area contributed by atoms with Gasteiger partial charge in [0.15, 0.2) is 0 Å². The number of thiophene rings is 1. The van der Waals surface area contributed by atoms with Crippen LogP contribution in [0, 0.1) is 0 Å². The van der Waals surface area contributed by atoms with E-state index in [9.17, 15) is 9.59 Å². The van der Waals surface area contributed by atoms with Crippen LogP contribution in [0.5, 0.6) is 0 Å². The largest absolute Gasteiger partial charge is 0.480 e. The summed E-state index contributed by atoms with van der Waals surface area (Å²) in [4.78, 5) is 20.5. The lowest BCUT2D eigenvalue weighted by Crippen LogP contribution is -2.11. The Morgan fingerprint density at radius 2 is 2.45 bits per heavy atom. The van der Waals surface area contributed by atoms with Gasteiger partial charge in [-0.2, -0.15) is 11.3 Å². The molecule has 0 aliphatic rings. The highest BCUT2D eigenvalue weighted by atomic mass is 32.1. The van der Waals surface area contributed by atoms with E-state index in [1.165, 1.54) is 17.6 Å². The fourth-order valence-electron chi connectivity index (χ4n) is 0.700. The fraction of sp³-hybridized carbons (Fsp3) is 0.143. The molecular weight excluding hydrogens is 164 g/mol. The third kappa shape index (κ3) is 1.65. The molecule has 0 saturated carbocycles. The number of carboxylic acids is 1. The molecule has 0 amide bonds. The van der Waals surface area contributed by atoms with Gasteiger partial charge in [-0.15, -0.1) is 0 Å². The molecule has 1 rings (SSSR count). The highest BCUT2D eigenvalue weighted by molar-refractivity contribution is 7.08. The summed E-state index contributed by atoms with van der Waals surface area (Å²) in [5, 5.41) is 11.8. The van der Waals surface area contributed by atoms with Crippen LogP contribution in [-0.2, 0) is 9.59 Å². The predicted molar refractivity (Wildman–Crippen MR) is 40.4 cm³/mol. The maximum absolute atomic E-state index is 10.4. The SMILES string of the molecule is O=[C]C(C(=O)O)c1ccsc1. The molecule has 1 N–H and O–H groups in total. The van der Waals surface area contributed by atoms with Crippen molar-refractivity contribution in [2.75, 3.05) is 0 Å². The van der Waals surface area contributed by atoms with Gasteiger partial charge in [0.05, 0.1) is 0 Å². The molecule has 57 valence electrons. The van der Waals surface area contributed by atoms with E-state index in [1.807, 2.05) is 0 Å². The summed E-state index contributed by atoms with van der Waals surface area (Å²) < 4.78 is 0. The van der Waals surface area contributed by atoms with Crippen molar-refractivity contribution in [3.63, 3.8) is 0 Å². The Bertz CT molecular complexity index is 253. The zero-order chi connectivity index (χ0) is 8.27. The second-order valence-corrected chi connectivity index (χ2v) is 2.73. The first-order chi connectivity index (χ1) is 5.25. The van der Waals surface area contributed by atoms with Crippen LogP contribution in [0.15, 0.2) is 16.8 Å². The maximum Gasteiger partial charge on any atom is 0.319 e. The van der Waals surface area contributed by atoms with Crippen molar-refractivity contribution < 1.29 is 14.7 Å². The van der Waals surface area contributed by atoms with Gasteiger partial charge >= 0.3 is 5.97 Å². The van der Waals surface area contributed by atoms with Crippen LogP contribution < -0.4 is 0 Å². The van der Waals surface area contributed by atoms with Crippen LogP contribution in [0.3, 0.4) is 0 Å². The van der Waals surface area contributed by atoms with Crippen molar-refractivity contribution in [2.24, 2.45) is 0 Å². The van der Waals surface area contributed by atoms with Crippen LogP contribution in [0.4, 0.5) is 0 Å². The molecule has 0 spiro atoms. The molecule has 1 aromatic rings. The van der Waals surface area contributed by atoms with Crippen molar-refractivity contribution in [3.05, 3.63) is 22.4 Å². The van der Waals surface area contributed by atoms with Gasteiger partial charge in [-0.25, -0.2) is 0 Å². The fourth-order valence-corrected chi connectivity index (χ4v) is 1.39. The van der Waals surface area contributed by atoms with E-state index >= 15 is 0 Å². The minimum Gasteiger partial charge on any atom is -0.480 e. The highest BCUT2D eigenvalue weighted by Gasteiger charge is 2.19. The monoisotopic (exact) mass is 169 g/mol. The topological polar surface area (TPSA) is 54.4 Å². The smallest absolute Gasteiger partial charge is 0.319 e. The third-order valence-electron chi connectivity index (χ3n) is 1.24. The molecule has 0 aliphatic heterocycles. The quantitative estimate of drug-likeness (QED) is 0.687. The van der Waals surface area contributed by atoms with Crippen molar-refractivity contribution in [3.8, 4) is 0 Å². The average molecular weight is 169 g/mol. The number of carboxylic acid groups (broad SMARTS) is 1. The van der Waals surface area contributed by atoms with Crippen molar-refractivity contribution in [1.82, 2.24) is 0 Å². The van der Waals surface area contributed by atoms with E-state index in [0.717, 1.165) is 0 Å². The molecule has 0 aliphatic carbocycles. The molecule has 1 aromatic heterocycles. The standard InChI is InChI=1S/C7H5O3S/c8-3-6(7(9)10)5-1-2-11-4-5/h1-2,4,6H,(H,9,10). The van der Waals surface area contributed by atoms with Crippen molar-refractivity contribution in [1.29, 1.82) is 0 Å². The molecule has 0 bridgehead atoms. The number of rotatable bonds is 3. The van der Waals surface area contributed by atoms with Gasteiger partial charge in [0.1, 0.15) is 5.92 Å². The minimum atomic E-state index is -1.15. The van der Waals surface area contributed by atoms with Gasteiger partial charge < -0.3 is 5.11 Å². The average Bonchev–Trinajstić information content (AvgIpc) is 2.40. The zero-order valence-corrected chi connectivity index (χ0v) is 6.30. The summed E-state index contributed by atoms with van der Waals surface area (Å²) in [6, 6.07) is 1.61. The molecule has 1 atom stereocenters. The maximum atomic E-state index is 10.4. The van der Waals surface area contributed by atoms with E-state index in [-0.39, 0.29) is 0 Å². The van der Waals surface area contributed by atoms with E-state index in [0.29, 0.717) is 5.56 Å². The number of carbonyl (C=O) groups is 1. The second kappa shape index (κ2) is 3.30. The first-order valence-electron chi connectivity index (χ1n) is 2.88. The summed E-state index contributed by atoms with van der Waals surface area (Å²) in [6.07, 6.45) is 1.46. The molecule has 0 aromatic carbocycles. The Balaban J connectivity index is 2.88. The van der Waals surface area contributed by atoms with Gasteiger partial charge in [0.2, 0.25) is 6.29 Å². The number of aliphatic carboxylic acids is 1. The van der Waals surface area contributed by atoms with Crippen LogP contribution >= 0.6 is 11.3 Å². The van der Waals surface area contributed by atoms with Gasteiger partial charge in [-0.05, 0) is 22.4 Å². The van der Waals surface area contributed by atoms with Gasteiger partial charge in [0, 0.05) is 0 Å². The molecule has 1 unspecified atom stereocenters. The van der Waals surface area contributed by atoms with Gasteiger partial charge in [-0.1, -0.05) is 0 Å². The summed E-state index contributed by atoms with van der Waals surface area (Å²) >= 11 is 1.36. The van der Waals surface area contributed by atoms with E-state index in [2.05, 4.69) is 0 Å². The number of hydrogen-bond acceptors (Lipinski definition) is 3. The molecule has 1 heterocycles. The second-order valence-electron chi connectivity index (χ2n) is 1.95. The summed E-state index contributed by atoms with van der Waals surface area (Å²) in [5.41, 5.74) is 0.498. The lowest BCUT2D eigenvalue weighted by Gasteiger charge is -1.97. The predicted octanol–water partition coefficient (Wildman–Crippen LogP) is 1.03. The third-order valence-corrected chi connectivity index (χ3v) is 1.94. The molecule has 1 radical (unpaired) electrons. The molecule has 11 heavy (non-hydrogen) atoms. The lowest BCUT2D eigenvalue weighted by molar-refractivity contribution is -0.137. The summed E-state index contributed by atoms with van der Waals surface area (Å²) in [5.74, 6) is -2.28. The first kappa shape index (κ1) is 7.94.